The van der Waals surface area contributed by atoms with Crippen LogP contribution < -0.4 is 10.5 Å². The average Bonchev–Trinajstić information content (AvgIpc) is 2.79. The van der Waals surface area contributed by atoms with Gasteiger partial charge < -0.3 is 10.5 Å². The second-order valence-electron chi connectivity index (χ2n) is 5.07. The van der Waals surface area contributed by atoms with E-state index in [4.69, 9.17) is 10.5 Å². The van der Waals surface area contributed by atoms with Crippen LogP contribution in [0, 0.1) is 6.92 Å². The maximum atomic E-state index is 6.00. The highest BCUT2D eigenvalue weighted by Gasteiger charge is 2.19. The summed E-state index contributed by atoms with van der Waals surface area (Å²) in [7, 11) is 3.80. The summed E-state index contributed by atoms with van der Waals surface area (Å²) in [5, 5.41) is 0. The molecule has 1 aromatic heterocycles. The first-order valence-corrected chi connectivity index (χ1v) is 8.45. The standard InChI is InChI=1S/C16H21BrN2OS/c1-11-14(17)8-16(21-11)15(9-18)19(2)10-12-5-4-6-13(7-12)20-3/h4-8,15H,9-10,18H2,1-3H3. The summed E-state index contributed by atoms with van der Waals surface area (Å²) in [6.45, 7) is 3.56. The van der Waals surface area contributed by atoms with Gasteiger partial charge in [0.15, 0.2) is 0 Å². The van der Waals surface area contributed by atoms with Crippen LogP contribution >= 0.6 is 27.3 Å². The van der Waals surface area contributed by atoms with E-state index in [1.165, 1.54) is 15.3 Å². The van der Waals surface area contributed by atoms with Crippen molar-refractivity contribution in [3.8, 4) is 5.75 Å². The average molecular weight is 369 g/mol. The van der Waals surface area contributed by atoms with E-state index >= 15 is 0 Å². The molecule has 21 heavy (non-hydrogen) atoms. The summed E-state index contributed by atoms with van der Waals surface area (Å²) in [6.07, 6.45) is 0. The fourth-order valence-corrected chi connectivity index (χ4v) is 4.07. The van der Waals surface area contributed by atoms with Crippen molar-refractivity contribution >= 4 is 27.3 Å². The van der Waals surface area contributed by atoms with Gasteiger partial charge in [-0.3, -0.25) is 4.90 Å². The topological polar surface area (TPSA) is 38.5 Å². The van der Waals surface area contributed by atoms with E-state index < -0.39 is 0 Å². The van der Waals surface area contributed by atoms with Crippen LogP contribution in [0.25, 0.3) is 0 Å². The lowest BCUT2D eigenvalue weighted by Gasteiger charge is -2.26. The molecule has 3 nitrogen and oxygen atoms in total. The molecule has 2 aromatic rings. The van der Waals surface area contributed by atoms with Gasteiger partial charge in [-0.15, -0.1) is 11.3 Å². The van der Waals surface area contributed by atoms with E-state index in [1.54, 1.807) is 18.4 Å². The molecular formula is C16H21BrN2OS. The van der Waals surface area contributed by atoms with Gasteiger partial charge in [0.2, 0.25) is 0 Å². The number of likely N-dealkylation sites (N-methyl/N-ethyl adjacent to an activating group) is 1. The molecule has 2 N–H and O–H groups in total. The molecule has 0 aliphatic rings. The summed E-state index contributed by atoms with van der Waals surface area (Å²) in [5.74, 6) is 0.889. The Labute approximate surface area is 138 Å². The molecule has 0 spiro atoms. The number of methoxy groups -OCH3 is 1. The van der Waals surface area contributed by atoms with Crippen molar-refractivity contribution < 1.29 is 4.74 Å². The molecule has 0 amide bonds. The van der Waals surface area contributed by atoms with Crippen LogP contribution in [-0.4, -0.2) is 25.6 Å². The van der Waals surface area contributed by atoms with Crippen LogP contribution in [0.2, 0.25) is 0 Å². The van der Waals surface area contributed by atoms with Gasteiger partial charge in [0.1, 0.15) is 5.75 Å². The Hall–Kier alpha value is -0.880. The molecule has 0 saturated heterocycles. The number of rotatable bonds is 6. The molecule has 1 unspecified atom stereocenters. The Morgan fingerprint density at radius 2 is 2.14 bits per heavy atom. The Morgan fingerprint density at radius 1 is 1.38 bits per heavy atom. The van der Waals surface area contributed by atoms with Gasteiger partial charge in [0, 0.05) is 27.3 Å². The number of nitrogens with two attached hydrogens (primary N) is 1. The number of ether oxygens (including phenoxy) is 1. The SMILES string of the molecule is COc1cccc(CN(C)C(CN)c2cc(Br)c(C)s2)c1. The first kappa shape index (κ1) is 16.5. The second kappa shape index (κ2) is 7.40. The van der Waals surface area contributed by atoms with Crippen LogP contribution in [0.3, 0.4) is 0 Å². The summed E-state index contributed by atoms with van der Waals surface area (Å²) < 4.78 is 6.44. The molecule has 5 heteroatoms. The van der Waals surface area contributed by atoms with E-state index in [2.05, 4.69) is 53.0 Å². The highest BCUT2D eigenvalue weighted by Crippen LogP contribution is 2.33. The maximum Gasteiger partial charge on any atom is 0.119 e. The minimum Gasteiger partial charge on any atom is -0.497 e. The summed E-state index contributed by atoms with van der Waals surface area (Å²) in [6, 6.07) is 10.6. The fraction of sp³-hybridized carbons (Fsp3) is 0.375. The minimum atomic E-state index is 0.228. The highest BCUT2D eigenvalue weighted by atomic mass is 79.9. The largest absolute Gasteiger partial charge is 0.497 e. The molecule has 0 fully saturated rings. The smallest absolute Gasteiger partial charge is 0.119 e. The van der Waals surface area contributed by atoms with Crippen molar-refractivity contribution in [2.45, 2.75) is 19.5 Å². The van der Waals surface area contributed by atoms with Crippen LogP contribution in [-0.2, 0) is 6.54 Å². The van der Waals surface area contributed by atoms with Crippen LogP contribution in [0.5, 0.6) is 5.75 Å². The number of aryl methyl sites for hydroxylation is 1. The first-order valence-electron chi connectivity index (χ1n) is 6.84. The highest BCUT2D eigenvalue weighted by molar-refractivity contribution is 9.10. The number of hydrogen-bond acceptors (Lipinski definition) is 4. The van der Waals surface area contributed by atoms with Crippen LogP contribution in [0.15, 0.2) is 34.8 Å². The Bertz CT molecular complexity index is 580. The third-order valence-electron chi connectivity index (χ3n) is 3.53. The molecule has 2 rings (SSSR count). The number of halogens is 1. The van der Waals surface area contributed by atoms with Gasteiger partial charge in [-0.05, 0) is 53.7 Å². The van der Waals surface area contributed by atoms with Crippen LogP contribution in [0.1, 0.15) is 21.4 Å². The number of thiophene rings is 1. The van der Waals surface area contributed by atoms with Crippen molar-refractivity contribution in [2.24, 2.45) is 5.73 Å². The molecule has 0 aliphatic carbocycles. The van der Waals surface area contributed by atoms with E-state index in [9.17, 15) is 0 Å². The van der Waals surface area contributed by atoms with Crippen molar-refractivity contribution in [1.82, 2.24) is 4.90 Å². The molecule has 0 aliphatic heterocycles. The fourth-order valence-electron chi connectivity index (χ4n) is 2.33. The predicted octanol–water partition coefficient (Wildman–Crippen LogP) is 3.96. The number of hydrogen-bond donors (Lipinski definition) is 1. The summed E-state index contributed by atoms with van der Waals surface area (Å²) >= 11 is 5.38. The van der Waals surface area contributed by atoms with Gasteiger partial charge >= 0.3 is 0 Å². The number of benzene rings is 1. The van der Waals surface area contributed by atoms with Crippen molar-refractivity contribution in [2.75, 3.05) is 20.7 Å². The van der Waals surface area contributed by atoms with Gasteiger partial charge in [-0.25, -0.2) is 0 Å². The third kappa shape index (κ3) is 4.07. The van der Waals surface area contributed by atoms with Gasteiger partial charge in [-0.1, -0.05) is 12.1 Å². The Morgan fingerprint density at radius 3 is 2.71 bits per heavy atom. The molecular weight excluding hydrogens is 348 g/mol. The number of nitrogens with zero attached hydrogens (tertiary/aromatic N) is 1. The van der Waals surface area contributed by atoms with Gasteiger partial charge in [0.05, 0.1) is 13.2 Å². The molecule has 0 radical (unpaired) electrons. The zero-order valence-electron chi connectivity index (χ0n) is 12.6. The molecule has 0 saturated carbocycles. The van der Waals surface area contributed by atoms with Crippen molar-refractivity contribution in [3.63, 3.8) is 0 Å². The minimum absolute atomic E-state index is 0.228. The van der Waals surface area contributed by atoms with Gasteiger partial charge in [0.25, 0.3) is 0 Å². The van der Waals surface area contributed by atoms with E-state index in [1.807, 2.05) is 12.1 Å². The molecule has 1 heterocycles. The summed E-state index contributed by atoms with van der Waals surface area (Å²) in [4.78, 5) is 4.87. The quantitative estimate of drug-likeness (QED) is 0.838. The van der Waals surface area contributed by atoms with E-state index in [-0.39, 0.29) is 6.04 Å². The zero-order valence-corrected chi connectivity index (χ0v) is 15.0. The normalized spacial score (nSPS) is 12.7. The molecule has 1 aromatic carbocycles. The molecule has 114 valence electrons. The molecule has 1 atom stereocenters. The lowest BCUT2D eigenvalue weighted by atomic mass is 10.1. The Kier molecular flexibility index (Phi) is 5.81. The summed E-state index contributed by atoms with van der Waals surface area (Å²) in [5.41, 5.74) is 7.22. The van der Waals surface area contributed by atoms with Crippen molar-refractivity contribution in [3.05, 3.63) is 50.1 Å². The third-order valence-corrected chi connectivity index (χ3v) is 5.76. The Balaban J connectivity index is 2.14. The van der Waals surface area contributed by atoms with Crippen molar-refractivity contribution in [1.29, 1.82) is 0 Å². The van der Waals surface area contributed by atoms with E-state index in [0.717, 1.165) is 16.8 Å². The lowest BCUT2D eigenvalue weighted by molar-refractivity contribution is 0.245. The monoisotopic (exact) mass is 368 g/mol. The second-order valence-corrected chi connectivity index (χ2v) is 7.21. The lowest BCUT2D eigenvalue weighted by Crippen LogP contribution is -2.29. The first-order chi connectivity index (χ1) is 10.0. The molecule has 0 bridgehead atoms. The van der Waals surface area contributed by atoms with E-state index in [0.29, 0.717) is 6.54 Å². The predicted molar refractivity (Wildman–Crippen MR) is 93.0 cm³/mol. The van der Waals surface area contributed by atoms with Gasteiger partial charge in [-0.2, -0.15) is 0 Å². The maximum absolute atomic E-state index is 6.00. The van der Waals surface area contributed by atoms with Crippen LogP contribution in [0.4, 0.5) is 0 Å². The zero-order chi connectivity index (χ0) is 15.4.